The molecule has 0 aromatic heterocycles. The summed E-state index contributed by atoms with van der Waals surface area (Å²) in [6, 6.07) is 13.6. The standard InChI is InChI=1S/C23H29N3O3/c1-17-5-4-6-21(18(17)2)24-22(27)16-26-13-11-25(12-14-26)15-19-7-9-20(10-8-19)23(28)29-3/h4-10H,11-16H2,1-3H3,(H,24,27)/p+2. The highest BCUT2D eigenvalue weighted by Crippen LogP contribution is 2.17. The fourth-order valence-electron chi connectivity index (χ4n) is 3.78. The zero-order valence-electron chi connectivity index (χ0n) is 17.5. The molecular weight excluding hydrogens is 366 g/mol. The first-order valence-electron chi connectivity index (χ1n) is 10.2. The summed E-state index contributed by atoms with van der Waals surface area (Å²) in [7, 11) is 1.39. The van der Waals surface area contributed by atoms with Crippen molar-refractivity contribution >= 4 is 17.6 Å². The van der Waals surface area contributed by atoms with Gasteiger partial charge in [0.15, 0.2) is 6.54 Å². The van der Waals surface area contributed by atoms with E-state index in [1.165, 1.54) is 28.0 Å². The predicted molar refractivity (Wildman–Crippen MR) is 112 cm³/mol. The molecule has 6 nitrogen and oxygen atoms in total. The average Bonchev–Trinajstić information content (AvgIpc) is 2.73. The second-order valence-electron chi connectivity index (χ2n) is 7.84. The molecular formula is C23H31N3O3+2. The van der Waals surface area contributed by atoms with Gasteiger partial charge in [-0.05, 0) is 43.2 Å². The average molecular weight is 398 g/mol. The minimum atomic E-state index is -0.305. The van der Waals surface area contributed by atoms with Crippen LogP contribution < -0.4 is 15.1 Å². The number of anilines is 1. The van der Waals surface area contributed by atoms with Crippen LogP contribution in [0.3, 0.4) is 0 Å². The Bertz CT molecular complexity index is 856. The summed E-state index contributed by atoms with van der Waals surface area (Å²) in [5.41, 5.74) is 5.02. The molecule has 0 saturated carbocycles. The van der Waals surface area contributed by atoms with Crippen molar-refractivity contribution in [1.29, 1.82) is 0 Å². The minimum absolute atomic E-state index is 0.0792. The molecule has 1 aliphatic heterocycles. The third-order valence-corrected chi connectivity index (χ3v) is 5.78. The number of aryl methyl sites for hydroxylation is 1. The summed E-state index contributed by atoms with van der Waals surface area (Å²) in [5.74, 6) is -0.226. The Morgan fingerprint density at radius 1 is 0.966 bits per heavy atom. The second kappa shape index (κ2) is 9.67. The molecule has 1 aliphatic rings. The van der Waals surface area contributed by atoms with Gasteiger partial charge >= 0.3 is 5.97 Å². The van der Waals surface area contributed by atoms with Crippen LogP contribution in [0.5, 0.6) is 0 Å². The first kappa shape index (κ1) is 21.0. The number of methoxy groups -OCH3 is 1. The van der Waals surface area contributed by atoms with Crippen LogP contribution in [0.25, 0.3) is 0 Å². The number of carbonyl (C=O) groups excluding carboxylic acids is 2. The zero-order valence-corrected chi connectivity index (χ0v) is 17.5. The first-order chi connectivity index (χ1) is 14.0. The van der Waals surface area contributed by atoms with Gasteiger partial charge in [-0.3, -0.25) is 4.79 Å². The highest BCUT2D eigenvalue weighted by molar-refractivity contribution is 5.92. The number of esters is 1. The number of hydrogen-bond acceptors (Lipinski definition) is 3. The Kier molecular flexibility index (Phi) is 7.01. The number of benzene rings is 2. The third kappa shape index (κ3) is 5.65. The maximum absolute atomic E-state index is 12.5. The Morgan fingerprint density at radius 3 is 2.28 bits per heavy atom. The number of quaternary nitrogens is 2. The molecule has 3 rings (SSSR count). The predicted octanol–water partition coefficient (Wildman–Crippen LogP) is 0.0121. The number of piperazine rings is 1. The monoisotopic (exact) mass is 397 g/mol. The summed E-state index contributed by atoms with van der Waals surface area (Å²) in [4.78, 5) is 26.8. The van der Waals surface area contributed by atoms with Gasteiger partial charge in [0.05, 0.1) is 12.7 Å². The third-order valence-electron chi connectivity index (χ3n) is 5.78. The van der Waals surface area contributed by atoms with Crippen LogP contribution in [0.4, 0.5) is 5.69 Å². The van der Waals surface area contributed by atoms with Crippen molar-refractivity contribution < 1.29 is 24.1 Å². The van der Waals surface area contributed by atoms with Crippen LogP contribution >= 0.6 is 0 Å². The number of ether oxygens (including phenoxy) is 1. The van der Waals surface area contributed by atoms with Crippen molar-refractivity contribution in [2.24, 2.45) is 0 Å². The molecule has 6 heteroatoms. The highest BCUT2D eigenvalue weighted by atomic mass is 16.5. The highest BCUT2D eigenvalue weighted by Gasteiger charge is 2.25. The molecule has 0 spiro atoms. The van der Waals surface area contributed by atoms with Crippen LogP contribution in [0.1, 0.15) is 27.0 Å². The molecule has 0 radical (unpaired) electrons. The Labute approximate surface area is 172 Å². The number of carbonyl (C=O) groups is 2. The molecule has 1 fully saturated rings. The van der Waals surface area contributed by atoms with E-state index in [9.17, 15) is 9.59 Å². The molecule has 1 heterocycles. The maximum atomic E-state index is 12.5. The number of hydrogen-bond donors (Lipinski definition) is 3. The maximum Gasteiger partial charge on any atom is 0.337 e. The number of nitrogens with one attached hydrogen (secondary N) is 3. The Morgan fingerprint density at radius 2 is 1.62 bits per heavy atom. The van der Waals surface area contributed by atoms with Crippen molar-refractivity contribution in [3.63, 3.8) is 0 Å². The van der Waals surface area contributed by atoms with Crippen LogP contribution in [0.15, 0.2) is 42.5 Å². The van der Waals surface area contributed by atoms with Gasteiger partial charge in [0.1, 0.15) is 32.7 Å². The van der Waals surface area contributed by atoms with Gasteiger partial charge < -0.3 is 19.9 Å². The van der Waals surface area contributed by atoms with Gasteiger partial charge in [-0.2, -0.15) is 0 Å². The van der Waals surface area contributed by atoms with Gasteiger partial charge in [0.2, 0.25) is 0 Å². The molecule has 0 aliphatic carbocycles. The van der Waals surface area contributed by atoms with Crippen molar-refractivity contribution in [2.75, 3.05) is 45.2 Å². The molecule has 2 aromatic rings. The molecule has 154 valence electrons. The van der Waals surface area contributed by atoms with Crippen LogP contribution in [-0.2, 0) is 16.1 Å². The van der Waals surface area contributed by atoms with Gasteiger partial charge in [0.25, 0.3) is 5.91 Å². The van der Waals surface area contributed by atoms with Gasteiger partial charge in [-0.15, -0.1) is 0 Å². The first-order valence-corrected chi connectivity index (χ1v) is 10.2. The van der Waals surface area contributed by atoms with E-state index < -0.39 is 0 Å². The van der Waals surface area contributed by atoms with E-state index in [1.807, 2.05) is 43.3 Å². The normalized spacial score (nSPS) is 18.9. The molecule has 2 aromatic carbocycles. The van der Waals surface area contributed by atoms with Gasteiger partial charge in [-0.1, -0.05) is 24.3 Å². The lowest BCUT2D eigenvalue weighted by Gasteiger charge is -2.29. The molecule has 1 saturated heterocycles. The molecule has 0 atom stereocenters. The largest absolute Gasteiger partial charge is 0.465 e. The van der Waals surface area contributed by atoms with Crippen LogP contribution in [-0.4, -0.2) is 51.7 Å². The lowest BCUT2D eigenvalue weighted by atomic mass is 10.1. The lowest BCUT2D eigenvalue weighted by Crippen LogP contribution is -3.28. The minimum Gasteiger partial charge on any atom is -0.465 e. The van der Waals surface area contributed by atoms with Crippen LogP contribution in [0.2, 0.25) is 0 Å². The van der Waals surface area contributed by atoms with E-state index in [0.29, 0.717) is 12.1 Å². The Balaban J connectivity index is 1.45. The van der Waals surface area contributed by atoms with Gasteiger partial charge in [0, 0.05) is 11.3 Å². The topological polar surface area (TPSA) is 64.3 Å². The Hall–Kier alpha value is -2.70. The lowest BCUT2D eigenvalue weighted by molar-refractivity contribution is -1.02. The molecule has 1 amide bonds. The SMILES string of the molecule is COC(=O)c1ccc(C[NH+]2CC[NH+](CC(=O)Nc3cccc(C)c3C)CC2)cc1. The molecule has 0 bridgehead atoms. The van der Waals surface area contributed by atoms with E-state index in [-0.39, 0.29) is 11.9 Å². The summed E-state index contributed by atoms with van der Waals surface area (Å²) in [5, 5.41) is 3.06. The van der Waals surface area contributed by atoms with Gasteiger partial charge in [-0.25, -0.2) is 4.79 Å². The summed E-state index contributed by atoms with van der Waals surface area (Å²) in [6.45, 7) is 9.57. The van der Waals surface area contributed by atoms with E-state index >= 15 is 0 Å². The summed E-state index contributed by atoms with van der Waals surface area (Å²) >= 11 is 0. The van der Waals surface area contributed by atoms with E-state index in [0.717, 1.165) is 44.0 Å². The second-order valence-corrected chi connectivity index (χ2v) is 7.84. The van der Waals surface area contributed by atoms with Crippen molar-refractivity contribution in [2.45, 2.75) is 20.4 Å². The summed E-state index contributed by atoms with van der Waals surface area (Å²) < 4.78 is 4.74. The van der Waals surface area contributed by atoms with E-state index in [4.69, 9.17) is 4.74 Å². The van der Waals surface area contributed by atoms with E-state index in [2.05, 4.69) is 18.3 Å². The quantitative estimate of drug-likeness (QED) is 0.602. The number of rotatable bonds is 6. The number of amides is 1. The molecule has 0 unspecified atom stereocenters. The molecule has 3 N–H and O–H groups in total. The van der Waals surface area contributed by atoms with Crippen LogP contribution in [0, 0.1) is 13.8 Å². The fourth-order valence-corrected chi connectivity index (χ4v) is 3.78. The molecule has 29 heavy (non-hydrogen) atoms. The van der Waals surface area contributed by atoms with Crippen molar-refractivity contribution in [3.8, 4) is 0 Å². The summed E-state index contributed by atoms with van der Waals surface area (Å²) in [6.07, 6.45) is 0. The van der Waals surface area contributed by atoms with Crippen molar-refractivity contribution in [3.05, 3.63) is 64.7 Å². The smallest absolute Gasteiger partial charge is 0.337 e. The van der Waals surface area contributed by atoms with E-state index in [1.54, 1.807) is 0 Å². The van der Waals surface area contributed by atoms with Crippen molar-refractivity contribution in [1.82, 2.24) is 0 Å². The fraction of sp³-hybridized carbons (Fsp3) is 0.391. The zero-order chi connectivity index (χ0) is 20.8.